The molecule has 0 bridgehead atoms. The van der Waals surface area contributed by atoms with E-state index in [-0.39, 0.29) is 5.97 Å². The Hall–Kier alpha value is -0.0962. The predicted molar refractivity (Wildman–Crippen MR) is 126 cm³/mol. The largest absolute Gasteiger partial charge is 0.522 e. The number of hydrogen-bond acceptors (Lipinski definition) is 2. The van der Waals surface area contributed by atoms with Gasteiger partial charge in [0.15, 0.2) is 0 Å². The molecule has 27 heavy (non-hydrogen) atoms. The second-order valence-electron chi connectivity index (χ2n) is 9.93. The van der Waals surface area contributed by atoms with E-state index in [1.807, 2.05) is 0 Å². The van der Waals surface area contributed by atoms with Gasteiger partial charge in [-0.1, -0.05) is 116 Å². The third kappa shape index (κ3) is 15.5. The minimum absolute atomic E-state index is 0.0591. The summed E-state index contributed by atoms with van der Waals surface area (Å²) in [6, 6.07) is 0. The van der Waals surface area contributed by atoms with Crippen molar-refractivity contribution in [2.75, 3.05) is 0 Å². The molecule has 2 nitrogen and oxygen atoms in total. The summed E-state index contributed by atoms with van der Waals surface area (Å²) < 4.78 is 5.88. The van der Waals surface area contributed by atoms with E-state index in [1.54, 1.807) is 0 Å². The standard InChI is InChI=1S/C23H50O2Si2/c1-7-8-9-10-11-12-13-14-15-16-17-18-19-20-21-22-23(24)25-27(5,6)26(2,3)4/h7-22H2,1-6H3. The molecule has 0 amide bonds. The highest BCUT2D eigenvalue weighted by molar-refractivity contribution is 7.38. The lowest BCUT2D eigenvalue weighted by Gasteiger charge is -2.34. The fourth-order valence-electron chi connectivity index (χ4n) is 3.13. The Kier molecular flexibility index (Phi) is 15.7. The van der Waals surface area contributed by atoms with Gasteiger partial charge in [-0.15, -0.1) is 0 Å². The van der Waals surface area contributed by atoms with Gasteiger partial charge in [0, 0.05) is 6.42 Å². The van der Waals surface area contributed by atoms with Gasteiger partial charge in [0.05, 0.1) is 7.59 Å². The van der Waals surface area contributed by atoms with Crippen molar-refractivity contribution in [1.82, 2.24) is 0 Å². The van der Waals surface area contributed by atoms with E-state index in [0.29, 0.717) is 6.42 Å². The number of carbonyl (C=O) groups is 1. The first kappa shape index (κ1) is 26.9. The Morgan fingerprint density at radius 3 is 1.26 bits per heavy atom. The Morgan fingerprint density at radius 2 is 0.926 bits per heavy atom. The first-order valence-electron chi connectivity index (χ1n) is 11.9. The minimum Gasteiger partial charge on any atom is -0.522 e. The van der Waals surface area contributed by atoms with Crippen molar-refractivity contribution in [3.63, 3.8) is 0 Å². The van der Waals surface area contributed by atoms with Gasteiger partial charge >= 0.3 is 0 Å². The van der Waals surface area contributed by atoms with Crippen LogP contribution in [0.25, 0.3) is 0 Å². The van der Waals surface area contributed by atoms with Crippen LogP contribution < -0.4 is 0 Å². The topological polar surface area (TPSA) is 26.3 Å². The number of unbranched alkanes of at least 4 members (excludes halogenated alkanes) is 14. The van der Waals surface area contributed by atoms with E-state index in [4.69, 9.17) is 4.43 Å². The molecule has 0 heterocycles. The highest BCUT2D eigenvalue weighted by Crippen LogP contribution is 2.21. The van der Waals surface area contributed by atoms with E-state index >= 15 is 0 Å². The summed E-state index contributed by atoms with van der Waals surface area (Å²) in [4.78, 5) is 12.1. The van der Waals surface area contributed by atoms with Crippen LogP contribution in [0.1, 0.15) is 110 Å². The average molecular weight is 415 g/mol. The van der Waals surface area contributed by atoms with E-state index < -0.39 is 15.4 Å². The third-order valence-electron chi connectivity index (χ3n) is 6.16. The molecule has 0 aliphatic carbocycles. The van der Waals surface area contributed by atoms with Gasteiger partial charge in [-0.05, 0) is 19.5 Å². The molecule has 0 rings (SSSR count). The Bertz CT molecular complexity index is 362. The molecule has 4 heteroatoms. The zero-order valence-electron chi connectivity index (χ0n) is 19.6. The average Bonchev–Trinajstić information content (AvgIpc) is 2.57. The zero-order valence-corrected chi connectivity index (χ0v) is 21.6. The summed E-state index contributed by atoms with van der Waals surface area (Å²) in [5.74, 6) is 0.0591. The Balaban J connectivity index is 3.37. The maximum Gasteiger partial charge on any atom is 0.292 e. The summed E-state index contributed by atoms with van der Waals surface area (Å²) in [7, 11) is -3.13. The molecule has 0 aliphatic rings. The molecule has 0 spiro atoms. The van der Waals surface area contributed by atoms with Crippen LogP contribution in [0.2, 0.25) is 32.7 Å². The highest BCUT2D eigenvalue weighted by Gasteiger charge is 2.41. The number of rotatable bonds is 18. The van der Waals surface area contributed by atoms with Crippen LogP contribution in [0.5, 0.6) is 0 Å². The lowest BCUT2D eigenvalue weighted by Crippen LogP contribution is -2.55. The van der Waals surface area contributed by atoms with Crippen LogP contribution >= 0.6 is 0 Å². The second kappa shape index (κ2) is 15.8. The normalized spacial score (nSPS) is 12.4. The van der Waals surface area contributed by atoms with Crippen LogP contribution in [0.15, 0.2) is 0 Å². The summed E-state index contributed by atoms with van der Waals surface area (Å²) in [6.07, 6.45) is 21.0. The fraction of sp³-hybridized carbons (Fsp3) is 0.957. The van der Waals surface area contributed by atoms with Crippen molar-refractivity contribution >= 4 is 21.4 Å². The molecule has 0 saturated heterocycles. The maximum atomic E-state index is 12.1. The molecule has 0 aromatic carbocycles. The van der Waals surface area contributed by atoms with Crippen LogP contribution in [-0.2, 0) is 9.22 Å². The van der Waals surface area contributed by atoms with Crippen molar-refractivity contribution in [3.05, 3.63) is 0 Å². The first-order valence-corrected chi connectivity index (χ1v) is 19.3. The van der Waals surface area contributed by atoms with Gasteiger partial charge in [-0.2, -0.15) is 0 Å². The molecule has 0 N–H and O–H groups in total. The molecule has 0 saturated carbocycles. The van der Waals surface area contributed by atoms with Crippen LogP contribution in [0.4, 0.5) is 0 Å². The lowest BCUT2D eigenvalue weighted by molar-refractivity contribution is -0.135. The fourth-order valence-corrected chi connectivity index (χ4v) is 5.37. The van der Waals surface area contributed by atoms with E-state index in [2.05, 4.69) is 39.7 Å². The molecule has 0 fully saturated rings. The summed E-state index contributed by atoms with van der Waals surface area (Å²) in [5.41, 5.74) is 0. The molecular weight excluding hydrogens is 364 g/mol. The van der Waals surface area contributed by atoms with Crippen molar-refractivity contribution in [3.8, 4) is 0 Å². The van der Waals surface area contributed by atoms with E-state index in [1.165, 1.54) is 89.9 Å². The molecule has 0 radical (unpaired) electrons. The third-order valence-corrected chi connectivity index (χ3v) is 21.7. The maximum absolute atomic E-state index is 12.1. The Morgan fingerprint density at radius 1 is 0.593 bits per heavy atom. The van der Waals surface area contributed by atoms with Crippen molar-refractivity contribution in [2.24, 2.45) is 0 Å². The van der Waals surface area contributed by atoms with Gasteiger partial charge in [0.1, 0.15) is 0 Å². The molecule has 0 atom stereocenters. The lowest BCUT2D eigenvalue weighted by atomic mass is 10.0. The SMILES string of the molecule is CCCCCCCCCCCCCCCCCC(=O)O[Si](C)(C)[Si](C)(C)C. The van der Waals surface area contributed by atoms with Crippen molar-refractivity contribution in [1.29, 1.82) is 0 Å². The van der Waals surface area contributed by atoms with E-state index in [9.17, 15) is 4.79 Å². The van der Waals surface area contributed by atoms with Crippen molar-refractivity contribution in [2.45, 2.75) is 142 Å². The van der Waals surface area contributed by atoms with Crippen molar-refractivity contribution < 1.29 is 9.22 Å². The first-order chi connectivity index (χ1) is 12.7. The number of carbonyl (C=O) groups excluding carboxylic acids is 1. The molecule has 0 unspecified atom stereocenters. The van der Waals surface area contributed by atoms with E-state index in [0.717, 1.165) is 6.42 Å². The van der Waals surface area contributed by atoms with Gasteiger partial charge in [-0.3, -0.25) is 4.79 Å². The Labute approximate surface area is 173 Å². The zero-order chi connectivity index (χ0) is 20.6. The second-order valence-corrected chi connectivity index (χ2v) is 25.8. The van der Waals surface area contributed by atoms with Gasteiger partial charge in [-0.25, -0.2) is 0 Å². The highest BCUT2D eigenvalue weighted by atomic mass is 29.3. The van der Waals surface area contributed by atoms with Gasteiger partial charge < -0.3 is 4.43 Å². The monoisotopic (exact) mass is 414 g/mol. The smallest absolute Gasteiger partial charge is 0.292 e. The quantitative estimate of drug-likeness (QED) is 0.166. The van der Waals surface area contributed by atoms with Crippen LogP contribution in [0, 0.1) is 0 Å². The molecule has 0 aromatic rings. The molecule has 162 valence electrons. The van der Waals surface area contributed by atoms with Crippen LogP contribution in [0.3, 0.4) is 0 Å². The molecule has 0 aromatic heterocycles. The number of hydrogen-bond donors (Lipinski definition) is 0. The predicted octanol–water partition coefficient (Wildman–Crippen LogP) is 8.41. The molecule has 0 aliphatic heterocycles. The summed E-state index contributed by atoms with van der Waals surface area (Å²) >= 11 is 0. The minimum atomic E-state index is -1.79. The molecular formula is C23H50O2Si2. The summed E-state index contributed by atoms with van der Waals surface area (Å²) in [5, 5.41) is 0. The van der Waals surface area contributed by atoms with Gasteiger partial charge in [0.2, 0.25) is 7.83 Å². The van der Waals surface area contributed by atoms with Gasteiger partial charge in [0.25, 0.3) is 5.97 Å². The van der Waals surface area contributed by atoms with Crippen LogP contribution in [-0.4, -0.2) is 21.4 Å². The summed E-state index contributed by atoms with van der Waals surface area (Å²) in [6.45, 7) is 13.7.